The zero-order valence-corrected chi connectivity index (χ0v) is 29.1. The maximum absolute atomic E-state index is 6.94. The van der Waals surface area contributed by atoms with Gasteiger partial charge in [-0.05, 0) is 102 Å². The fourth-order valence-electron chi connectivity index (χ4n) is 7.94. The van der Waals surface area contributed by atoms with E-state index in [1.807, 2.05) is 6.07 Å². The van der Waals surface area contributed by atoms with Crippen LogP contribution in [0.25, 0.3) is 11.1 Å². The van der Waals surface area contributed by atoms with Crippen LogP contribution in [0.3, 0.4) is 0 Å². The summed E-state index contributed by atoms with van der Waals surface area (Å²) in [5, 5.41) is 0. The number of rotatable bonds is 7. The van der Waals surface area contributed by atoms with Crippen LogP contribution in [0, 0.1) is 0 Å². The van der Waals surface area contributed by atoms with Crippen molar-refractivity contribution in [1.29, 1.82) is 0 Å². The monoisotopic (exact) mass is 682 g/mol. The molecule has 0 aromatic heterocycles. The van der Waals surface area contributed by atoms with Gasteiger partial charge in [-0.2, -0.15) is 0 Å². The van der Waals surface area contributed by atoms with Crippen LogP contribution in [0.1, 0.15) is 12.8 Å². The molecule has 7 aromatic rings. The highest BCUT2D eigenvalue weighted by molar-refractivity contribution is 6.98. The Hall–Kier alpha value is -6.72. The van der Waals surface area contributed by atoms with Crippen molar-refractivity contribution in [3.8, 4) is 34.1 Å². The number of nitrogens with zero attached hydrogens (tertiary/aromatic N) is 2. The summed E-state index contributed by atoms with van der Waals surface area (Å²) in [6, 6.07) is 59.7. The van der Waals surface area contributed by atoms with Crippen molar-refractivity contribution in [2.75, 3.05) is 9.80 Å². The molecule has 1 aliphatic carbocycles. The summed E-state index contributed by atoms with van der Waals surface area (Å²) in [6.45, 7) is -0.0682. The average Bonchev–Trinajstić information content (AvgIpc) is 3.22. The number of ether oxygens (including phenoxy) is 2. The van der Waals surface area contributed by atoms with Crippen LogP contribution in [-0.2, 0) is 0 Å². The van der Waals surface area contributed by atoms with Gasteiger partial charge < -0.3 is 19.3 Å². The molecule has 2 heterocycles. The standard InChI is InChI=1S/C48H35BN2O2/c1-6-16-34(17-7-1)35-30-46-48-47(31-35)53-45-33-41(51(38-22-12-4-13-23-38)39-24-14-5-15-25-39)27-29-43(45)49(48)42-28-26-40(32-44(42)52-46)50(36-18-8-2-9-19-36)37-20-10-3-11-21-37/h1-4,6-14,16-33H,5,15H2. The number of hydrogen-bond donors (Lipinski definition) is 0. The second-order valence-electron chi connectivity index (χ2n) is 13.6. The molecule has 0 spiro atoms. The Morgan fingerprint density at radius 3 is 1.42 bits per heavy atom. The van der Waals surface area contributed by atoms with Crippen molar-refractivity contribution in [3.63, 3.8) is 0 Å². The van der Waals surface area contributed by atoms with Crippen LogP contribution in [0.15, 0.2) is 194 Å². The largest absolute Gasteiger partial charge is 0.458 e. The Bertz CT molecular complexity index is 2480. The molecule has 0 amide bonds. The second kappa shape index (κ2) is 13.1. The lowest BCUT2D eigenvalue weighted by Crippen LogP contribution is -2.57. The second-order valence-corrected chi connectivity index (χ2v) is 13.6. The van der Waals surface area contributed by atoms with Crippen molar-refractivity contribution in [3.05, 3.63) is 194 Å². The lowest BCUT2D eigenvalue weighted by atomic mass is 9.35. The molecule has 0 atom stereocenters. The van der Waals surface area contributed by atoms with Gasteiger partial charge in [0.1, 0.15) is 23.0 Å². The van der Waals surface area contributed by atoms with Gasteiger partial charge in [0.2, 0.25) is 0 Å². The molecule has 0 unspecified atom stereocenters. The first kappa shape index (κ1) is 31.1. The highest BCUT2D eigenvalue weighted by Crippen LogP contribution is 2.43. The number of fused-ring (bicyclic) bond motifs is 4. The van der Waals surface area contributed by atoms with Gasteiger partial charge >= 0.3 is 0 Å². The minimum atomic E-state index is -0.0682. The Labute approximate surface area is 310 Å². The first-order valence-electron chi connectivity index (χ1n) is 18.3. The lowest BCUT2D eigenvalue weighted by Gasteiger charge is -2.35. The fourth-order valence-corrected chi connectivity index (χ4v) is 7.94. The van der Waals surface area contributed by atoms with E-state index in [1.165, 1.54) is 0 Å². The van der Waals surface area contributed by atoms with Crippen molar-refractivity contribution in [2.24, 2.45) is 0 Å². The number of anilines is 5. The molecule has 2 aliphatic heterocycles. The molecular formula is C48H35BN2O2. The SMILES string of the molecule is C1=CC(N(c2ccccc2)c2ccc3c(c2)Oc2cc(-c4ccccc4)cc4c2B3c2ccc(N(c3ccccc3)c3ccccc3)cc2O4)=CCC1. The number of para-hydroxylation sites is 3. The van der Waals surface area contributed by atoms with Crippen LogP contribution in [0.5, 0.6) is 23.0 Å². The molecule has 0 radical (unpaired) electrons. The van der Waals surface area contributed by atoms with E-state index >= 15 is 0 Å². The molecule has 4 nitrogen and oxygen atoms in total. The lowest BCUT2D eigenvalue weighted by molar-refractivity contribution is 0.465. The van der Waals surface area contributed by atoms with E-state index in [0.717, 1.165) is 97.5 Å². The minimum absolute atomic E-state index is 0.0682. The third-order valence-corrected chi connectivity index (χ3v) is 10.3. The Kier molecular flexibility index (Phi) is 7.69. The molecule has 7 aromatic carbocycles. The van der Waals surface area contributed by atoms with E-state index in [-0.39, 0.29) is 6.71 Å². The predicted molar refractivity (Wildman–Crippen MR) is 219 cm³/mol. The van der Waals surface area contributed by atoms with E-state index in [0.29, 0.717) is 0 Å². The highest BCUT2D eigenvalue weighted by atomic mass is 16.5. The van der Waals surface area contributed by atoms with Gasteiger partial charge in [-0.3, -0.25) is 0 Å². The molecular weight excluding hydrogens is 647 g/mol. The zero-order valence-electron chi connectivity index (χ0n) is 29.1. The highest BCUT2D eigenvalue weighted by Gasteiger charge is 2.41. The van der Waals surface area contributed by atoms with E-state index < -0.39 is 0 Å². The van der Waals surface area contributed by atoms with Gasteiger partial charge in [0.15, 0.2) is 0 Å². The van der Waals surface area contributed by atoms with Gasteiger partial charge in [-0.15, -0.1) is 0 Å². The van der Waals surface area contributed by atoms with E-state index in [1.54, 1.807) is 0 Å². The average molecular weight is 683 g/mol. The maximum atomic E-state index is 6.94. The molecule has 5 heteroatoms. The van der Waals surface area contributed by atoms with Crippen LogP contribution >= 0.6 is 0 Å². The number of hydrogen-bond acceptors (Lipinski definition) is 4. The zero-order chi connectivity index (χ0) is 35.1. The first-order chi connectivity index (χ1) is 26.3. The predicted octanol–water partition coefficient (Wildman–Crippen LogP) is 10.9. The minimum Gasteiger partial charge on any atom is -0.458 e. The molecule has 3 aliphatic rings. The summed E-state index contributed by atoms with van der Waals surface area (Å²) < 4.78 is 13.9. The summed E-state index contributed by atoms with van der Waals surface area (Å²) in [6.07, 6.45) is 8.88. The molecule has 0 saturated carbocycles. The number of benzene rings is 7. The smallest absolute Gasteiger partial charge is 0.260 e. The number of allylic oxidation sites excluding steroid dienone is 3. The normalized spacial score (nSPS) is 13.4. The van der Waals surface area contributed by atoms with Gasteiger partial charge in [0, 0.05) is 51.7 Å². The van der Waals surface area contributed by atoms with E-state index in [2.05, 4.69) is 192 Å². The first-order valence-corrected chi connectivity index (χ1v) is 18.3. The van der Waals surface area contributed by atoms with Crippen molar-refractivity contribution >= 4 is 51.5 Å². The quantitative estimate of drug-likeness (QED) is 0.156. The molecule has 252 valence electrons. The van der Waals surface area contributed by atoms with Gasteiger partial charge in [0.05, 0.1) is 0 Å². The third-order valence-electron chi connectivity index (χ3n) is 10.3. The fraction of sp³-hybridized carbons (Fsp3) is 0.0417. The van der Waals surface area contributed by atoms with Crippen LogP contribution < -0.4 is 35.7 Å². The van der Waals surface area contributed by atoms with E-state index in [4.69, 9.17) is 9.47 Å². The summed E-state index contributed by atoms with van der Waals surface area (Å²) in [4.78, 5) is 4.61. The summed E-state index contributed by atoms with van der Waals surface area (Å²) >= 11 is 0. The van der Waals surface area contributed by atoms with Crippen LogP contribution in [-0.4, -0.2) is 6.71 Å². The van der Waals surface area contributed by atoms with Crippen LogP contribution in [0.2, 0.25) is 0 Å². The van der Waals surface area contributed by atoms with Gasteiger partial charge in [-0.25, -0.2) is 0 Å². The third kappa shape index (κ3) is 5.58. The molecule has 10 rings (SSSR count). The topological polar surface area (TPSA) is 24.9 Å². The molecule has 0 fully saturated rings. The summed E-state index contributed by atoms with van der Waals surface area (Å²) in [5.41, 5.74) is 12.0. The Balaban J connectivity index is 1.14. The molecule has 0 bridgehead atoms. The molecule has 0 saturated heterocycles. The maximum Gasteiger partial charge on any atom is 0.260 e. The van der Waals surface area contributed by atoms with Gasteiger partial charge in [0.25, 0.3) is 6.71 Å². The Morgan fingerprint density at radius 2 is 0.906 bits per heavy atom. The Morgan fingerprint density at radius 1 is 0.415 bits per heavy atom. The summed E-state index contributed by atoms with van der Waals surface area (Å²) in [5.74, 6) is 3.34. The van der Waals surface area contributed by atoms with E-state index in [9.17, 15) is 0 Å². The van der Waals surface area contributed by atoms with Crippen molar-refractivity contribution < 1.29 is 9.47 Å². The van der Waals surface area contributed by atoms with Crippen LogP contribution in [0.4, 0.5) is 28.4 Å². The van der Waals surface area contributed by atoms with Gasteiger partial charge in [-0.1, -0.05) is 109 Å². The molecule has 53 heavy (non-hydrogen) atoms. The molecule has 0 N–H and O–H groups in total. The van der Waals surface area contributed by atoms with Crippen molar-refractivity contribution in [1.82, 2.24) is 0 Å². The van der Waals surface area contributed by atoms with Crippen molar-refractivity contribution in [2.45, 2.75) is 12.8 Å². The summed E-state index contributed by atoms with van der Waals surface area (Å²) in [7, 11) is 0.